The van der Waals surface area contributed by atoms with Crippen LogP contribution in [0.15, 0.2) is 35.2 Å². The average Bonchev–Trinajstić information content (AvgIpc) is 3.41. The number of amides is 1. The summed E-state index contributed by atoms with van der Waals surface area (Å²) in [5.74, 6) is 0.910. The van der Waals surface area contributed by atoms with Crippen LogP contribution in [0.5, 0.6) is 0 Å². The number of hydrogen-bond acceptors (Lipinski definition) is 8. The first kappa shape index (κ1) is 15.4. The Morgan fingerprint density at radius 1 is 1.36 bits per heavy atom. The molecule has 1 saturated heterocycles. The minimum Gasteiger partial charge on any atom is -0.337 e. The lowest BCUT2D eigenvalue weighted by atomic mass is 10.2. The predicted molar refractivity (Wildman–Crippen MR) is 83.7 cm³/mol. The lowest BCUT2D eigenvalue weighted by molar-refractivity contribution is -0.132. The topological polar surface area (TPSA) is 116 Å². The van der Waals surface area contributed by atoms with Crippen molar-refractivity contribution in [3.8, 4) is 11.5 Å². The third-order valence-electron chi connectivity index (χ3n) is 4.14. The molecular weight excluding hydrogens is 324 g/mol. The summed E-state index contributed by atoms with van der Waals surface area (Å²) < 4.78 is 6.94. The summed E-state index contributed by atoms with van der Waals surface area (Å²) in [5.41, 5.74) is 0.645. The number of pyridine rings is 1. The molecule has 1 aliphatic rings. The quantitative estimate of drug-likeness (QED) is 0.672. The van der Waals surface area contributed by atoms with Crippen molar-refractivity contribution >= 4 is 5.91 Å². The zero-order chi connectivity index (χ0) is 17.1. The van der Waals surface area contributed by atoms with Crippen LogP contribution in [0, 0.1) is 0 Å². The summed E-state index contributed by atoms with van der Waals surface area (Å²) in [6.07, 6.45) is 5.20. The highest BCUT2D eigenvalue weighted by Crippen LogP contribution is 2.32. The van der Waals surface area contributed by atoms with E-state index in [0.717, 1.165) is 12.8 Å². The van der Waals surface area contributed by atoms with Crippen molar-refractivity contribution in [2.45, 2.75) is 31.8 Å². The van der Waals surface area contributed by atoms with Gasteiger partial charge in [-0.2, -0.15) is 4.98 Å². The Bertz CT molecular complexity index is 832. The van der Waals surface area contributed by atoms with E-state index in [1.165, 1.54) is 11.0 Å². The Kier molecular flexibility index (Phi) is 4.15. The number of carbonyl (C=O) groups excluding carboxylic acids is 1. The van der Waals surface area contributed by atoms with Gasteiger partial charge in [0.15, 0.2) is 0 Å². The first-order valence-electron chi connectivity index (χ1n) is 8.06. The molecule has 3 aromatic rings. The van der Waals surface area contributed by atoms with E-state index in [9.17, 15) is 4.79 Å². The average molecular weight is 340 g/mol. The number of carbonyl (C=O) groups is 1. The molecule has 0 spiro atoms. The molecule has 4 rings (SSSR count). The van der Waals surface area contributed by atoms with Crippen molar-refractivity contribution in [1.82, 2.24) is 40.2 Å². The van der Waals surface area contributed by atoms with Gasteiger partial charge in [0, 0.05) is 19.2 Å². The molecule has 10 nitrogen and oxygen atoms in total. The monoisotopic (exact) mass is 340 g/mol. The van der Waals surface area contributed by atoms with Crippen molar-refractivity contribution in [2.75, 3.05) is 6.54 Å². The van der Waals surface area contributed by atoms with E-state index in [4.69, 9.17) is 4.52 Å². The maximum atomic E-state index is 12.5. The van der Waals surface area contributed by atoms with Crippen molar-refractivity contribution in [3.63, 3.8) is 0 Å². The largest absolute Gasteiger partial charge is 0.337 e. The molecular formula is C15H16N8O2. The molecule has 1 aliphatic heterocycles. The molecule has 0 bridgehead atoms. The molecule has 4 heterocycles. The first-order chi connectivity index (χ1) is 12.3. The first-order valence-corrected chi connectivity index (χ1v) is 8.06. The number of aromatic nitrogens is 7. The molecule has 128 valence electrons. The molecule has 25 heavy (non-hydrogen) atoms. The van der Waals surface area contributed by atoms with E-state index >= 15 is 0 Å². The Morgan fingerprint density at radius 3 is 3.12 bits per heavy atom. The Labute approximate surface area is 142 Å². The van der Waals surface area contributed by atoms with Crippen LogP contribution in [0.25, 0.3) is 11.5 Å². The summed E-state index contributed by atoms with van der Waals surface area (Å²) in [4.78, 5) is 23.0. The molecule has 1 atom stereocenters. The summed E-state index contributed by atoms with van der Waals surface area (Å²) in [6.45, 7) is 1.12. The summed E-state index contributed by atoms with van der Waals surface area (Å²) in [6, 6.07) is 5.32. The normalized spacial score (nSPS) is 17.1. The third-order valence-corrected chi connectivity index (χ3v) is 4.14. The van der Waals surface area contributed by atoms with Crippen LogP contribution in [0.2, 0.25) is 0 Å². The van der Waals surface area contributed by atoms with E-state index < -0.39 is 0 Å². The molecule has 0 unspecified atom stereocenters. The van der Waals surface area contributed by atoms with Crippen LogP contribution < -0.4 is 0 Å². The van der Waals surface area contributed by atoms with E-state index in [1.54, 1.807) is 11.1 Å². The highest BCUT2D eigenvalue weighted by atomic mass is 16.5. The molecule has 1 fully saturated rings. The lowest BCUT2D eigenvalue weighted by Gasteiger charge is -2.21. The van der Waals surface area contributed by atoms with Gasteiger partial charge < -0.3 is 9.42 Å². The number of aryl methyl sites for hydroxylation is 1. The fourth-order valence-corrected chi connectivity index (χ4v) is 2.93. The van der Waals surface area contributed by atoms with Crippen LogP contribution in [0.4, 0.5) is 0 Å². The van der Waals surface area contributed by atoms with Crippen molar-refractivity contribution in [2.24, 2.45) is 0 Å². The number of likely N-dealkylation sites (tertiary alicyclic amines) is 1. The summed E-state index contributed by atoms with van der Waals surface area (Å²) >= 11 is 0. The van der Waals surface area contributed by atoms with Crippen molar-refractivity contribution in [3.05, 3.63) is 36.6 Å². The van der Waals surface area contributed by atoms with Gasteiger partial charge in [0.2, 0.25) is 17.6 Å². The van der Waals surface area contributed by atoms with Gasteiger partial charge in [-0.25, -0.2) is 4.68 Å². The Morgan fingerprint density at radius 2 is 2.32 bits per heavy atom. The van der Waals surface area contributed by atoms with Crippen molar-refractivity contribution in [1.29, 1.82) is 0 Å². The van der Waals surface area contributed by atoms with Gasteiger partial charge in [0.1, 0.15) is 18.1 Å². The van der Waals surface area contributed by atoms with E-state index in [-0.39, 0.29) is 11.9 Å². The molecule has 10 heteroatoms. The number of hydrogen-bond donors (Lipinski definition) is 0. The maximum Gasteiger partial charge on any atom is 0.249 e. The van der Waals surface area contributed by atoms with Crippen LogP contribution >= 0.6 is 0 Å². The molecule has 0 aliphatic carbocycles. The van der Waals surface area contributed by atoms with Gasteiger partial charge in [-0.05, 0) is 35.4 Å². The van der Waals surface area contributed by atoms with Crippen LogP contribution in [0.1, 0.15) is 31.2 Å². The van der Waals surface area contributed by atoms with Gasteiger partial charge in [-0.1, -0.05) is 11.2 Å². The zero-order valence-corrected chi connectivity index (χ0v) is 13.4. The molecule has 1 amide bonds. The number of rotatable bonds is 5. The smallest absolute Gasteiger partial charge is 0.249 e. The second-order valence-electron chi connectivity index (χ2n) is 5.74. The van der Waals surface area contributed by atoms with E-state index in [2.05, 4.69) is 30.7 Å². The van der Waals surface area contributed by atoms with Gasteiger partial charge in [-0.3, -0.25) is 9.78 Å². The SMILES string of the molecule is O=C(CCn1cnnn1)N1CCC[C@@H]1c1nc(-c2ccccn2)no1. The minimum absolute atomic E-state index is 0.0237. The summed E-state index contributed by atoms with van der Waals surface area (Å²) in [7, 11) is 0. The van der Waals surface area contributed by atoms with Gasteiger partial charge in [0.05, 0.1) is 6.54 Å². The van der Waals surface area contributed by atoms with Crippen LogP contribution in [-0.2, 0) is 11.3 Å². The fraction of sp³-hybridized carbons (Fsp3) is 0.400. The molecule has 0 aromatic carbocycles. The van der Waals surface area contributed by atoms with Crippen molar-refractivity contribution < 1.29 is 9.32 Å². The second kappa shape index (κ2) is 6.75. The van der Waals surface area contributed by atoms with Gasteiger partial charge >= 0.3 is 0 Å². The second-order valence-corrected chi connectivity index (χ2v) is 5.74. The van der Waals surface area contributed by atoms with E-state index in [0.29, 0.717) is 36.9 Å². The molecule has 0 saturated carbocycles. The highest BCUT2D eigenvalue weighted by molar-refractivity contribution is 5.76. The standard InChI is InChI=1S/C15H16N8O2/c24-13(6-9-22-10-17-20-21-22)23-8-3-5-12(23)15-18-14(19-25-15)11-4-1-2-7-16-11/h1-2,4,7,10,12H,3,5-6,8-9H2/t12-/m1/s1. The summed E-state index contributed by atoms with van der Waals surface area (Å²) in [5, 5.41) is 14.9. The van der Waals surface area contributed by atoms with E-state index in [1.807, 2.05) is 18.2 Å². The molecule has 0 radical (unpaired) electrons. The maximum absolute atomic E-state index is 12.5. The van der Waals surface area contributed by atoms with Crippen LogP contribution in [0.3, 0.4) is 0 Å². The zero-order valence-electron chi connectivity index (χ0n) is 13.4. The Balaban J connectivity index is 1.46. The lowest BCUT2D eigenvalue weighted by Crippen LogP contribution is -2.31. The van der Waals surface area contributed by atoms with Gasteiger partial charge in [-0.15, -0.1) is 5.10 Å². The number of tetrazole rings is 1. The third kappa shape index (κ3) is 3.23. The molecule has 0 N–H and O–H groups in total. The minimum atomic E-state index is -0.189. The predicted octanol–water partition coefficient (Wildman–Crippen LogP) is 0.872. The highest BCUT2D eigenvalue weighted by Gasteiger charge is 2.34. The molecule has 3 aromatic heterocycles. The van der Waals surface area contributed by atoms with Crippen LogP contribution in [-0.4, -0.2) is 52.7 Å². The number of nitrogens with zero attached hydrogens (tertiary/aromatic N) is 8. The van der Waals surface area contributed by atoms with Gasteiger partial charge in [0.25, 0.3) is 0 Å². The Hall–Kier alpha value is -3.17. The fourth-order valence-electron chi connectivity index (χ4n) is 2.93.